The summed E-state index contributed by atoms with van der Waals surface area (Å²) in [7, 11) is 0. The number of amides is 3. The maximum Gasteiger partial charge on any atom is 0.322 e. The van der Waals surface area contributed by atoms with Gasteiger partial charge in [0.1, 0.15) is 5.82 Å². The zero-order valence-electron chi connectivity index (χ0n) is 17.0. The molecule has 5 nitrogen and oxygen atoms in total. The van der Waals surface area contributed by atoms with Gasteiger partial charge in [0, 0.05) is 17.9 Å². The normalized spacial score (nSPS) is 18.3. The number of nitrogens with one attached hydrogen (secondary N) is 2. The highest BCUT2D eigenvalue weighted by Gasteiger charge is 2.35. The first-order valence-corrected chi connectivity index (χ1v) is 10.3. The summed E-state index contributed by atoms with van der Waals surface area (Å²) in [6, 6.07) is 24.2. The summed E-state index contributed by atoms with van der Waals surface area (Å²) >= 11 is 0. The number of carbonyl (C=O) groups excluding carboxylic acids is 2. The molecule has 3 amide bonds. The number of nitrogens with zero attached hydrogens (tertiary/aromatic N) is 1. The minimum Gasteiger partial charge on any atom is -0.326 e. The highest BCUT2D eigenvalue weighted by molar-refractivity contribution is 5.94. The van der Waals surface area contributed by atoms with Crippen molar-refractivity contribution in [1.29, 1.82) is 0 Å². The van der Waals surface area contributed by atoms with E-state index in [1.807, 2.05) is 60.7 Å². The monoisotopic (exact) mass is 417 g/mol. The van der Waals surface area contributed by atoms with Gasteiger partial charge in [0.2, 0.25) is 5.91 Å². The topological polar surface area (TPSA) is 61.4 Å². The van der Waals surface area contributed by atoms with Crippen LogP contribution in [-0.4, -0.2) is 23.4 Å². The molecule has 0 aliphatic carbocycles. The van der Waals surface area contributed by atoms with E-state index in [-0.39, 0.29) is 36.3 Å². The maximum absolute atomic E-state index is 13.4. The lowest BCUT2D eigenvalue weighted by Gasteiger charge is -2.39. The van der Waals surface area contributed by atoms with Crippen molar-refractivity contribution in [2.45, 2.75) is 18.9 Å². The fourth-order valence-electron chi connectivity index (χ4n) is 3.92. The number of benzene rings is 3. The molecule has 2 N–H and O–H groups in total. The van der Waals surface area contributed by atoms with E-state index in [4.69, 9.17) is 0 Å². The standard InChI is InChI=1S/C25H24FN3O2/c26-20-14-11-18(12-15-20)23-16-13-19(24(30)27-21-7-3-1-4-8-21)17-29(23)25(31)28-22-9-5-2-6-10-22/h1-12,14-15,19,23H,13,16-17H2,(H,27,30)(H,28,31)/t19-,23-/m0/s1. The van der Waals surface area contributed by atoms with Crippen LogP contribution in [0.25, 0.3) is 0 Å². The van der Waals surface area contributed by atoms with Crippen LogP contribution < -0.4 is 10.6 Å². The summed E-state index contributed by atoms with van der Waals surface area (Å²) < 4.78 is 13.4. The fraction of sp³-hybridized carbons (Fsp3) is 0.200. The van der Waals surface area contributed by atoms with E-state index in [2.05, 4.69) is 10.6 Å². The average Bonchev–Trinajstić information content (AvgIpc) is 2.80. The van der Waals surface area contributed by atoms with Gasteiger partial charge >= 0.3 is 6.03 Å². The second kappa shape index (κ2) is 9.43. The minimum atomic E-state index is -0.335. The molecule has 1 aliphatic rings. The van der Waals surface area contributed by atoms with Crippen molar-refractivity contribution < 1.29 is 14.0 Å². The second-order valence-corrected chi connectivity index (χ2v) is 7.65. The maximum atomic E-state index is 13.4. The van der Waals surface area contributed by atoms with Crippen LogP contribution in [0, 0.1) is 11.7 Å². The lowest BCUT2D eigenvalue weighted by molar-refractivity contribution is -0.121. The molecule has 2 atom stereocenters. The van der Waals surface area contributed by atoms with Gasteiger partial charge in [0.25, 0.3) is 0 Å². The summed E-state index contributed by atoms with van der Waals surface area (Å²) in [6.07, 6.45) is 1.25. The largest absolute Gasteiger partial charge is 0.326 e. The third-order valence-corrected chi connectivity index (χ3v) is 5.53. The van der Waals surface area contributed by atoms with Crippen LogP contribution in [0.4, 0.5) is 20.6 Å². The van der Waals surface area contributed by atoms with Crippen molar-refractivity contribution in [3.8, 4) is 0 Å². The van der Waals surface area contributed by atoms with E-state index >= 15 is 0 Å². The molecule has 1 heterocycles. The van der Waals surface area contributed by atoms with Gasteiger partial charge in [-0.3, -0.25) is 4.79 Å². The summed E-state index contributed by atoms with van der Waals surface area (Å²) in [4.78, 5) is 27.7. The molecule has 0 unspecified atom stereocenters. The van der Waals surface area contributed by atoms with Crippen molar-refractivity contribution in [2.24, 2.45) is 5.92 Å². The Kier molecular flexibility index (Phi) is 6.26. The van der Waals surface area contributed by atoms with Crippen molar-refractivity contribution in [2.75, 3.05) is 17.2 Å². The zero-order valence-corrected chi connectivity index (χ0v) is 17.0. The van der Waals surface area contributed by atoms with Crippen LogP contribution >= 0.6 is 0 Å². The van der Waals surface area contributed by atoms with E-state index in [9.17, 15) is 14.0 Å². The number of likely N-dealkylation sites (tertiary alicyclic amines) is 1. The number of anilines is 2. The Morgan fingerprint density at radius 3 is 1.97 bits per heavy atom. The lowest BCUT2D eigenvalue weighted by Crippen LogP contribution is -2.47. The van der Waals surface area contributed by atoms with Gasteiger partial charge in [-0.15, -0.1) is 0 Å². The van der Waals surface area contributed by atoms with Crippen LogP contribution in [0.15, 0.2) is 84.9 Å². The van der Waals surface area contributed by atoms with Crippen LogP contribution in [0.3, 0.4) is 0 Å². The minimum absolute atomic E-state index is 0.110. The Bertz CT molecular complexity index is 1030. The Balaban J connectivity index is 1.53. The lowest BCUT2D eigenvalue weighted by atomic mass is 9.88. The molecule has 0 radical (unpaired) electrons. The van der Waals surface area contributed by atoms with Gasteiger partial charge in [0.15, 0.2) is 0 Å². The molecule has 31 heavy (non-hydrogen) atoms. The number of carbonyl (C=O) groups is 2. The van der Waals surface area contributed by atoms with Gasteiger partial charge in [0.05, 0.1) is 12.0 Å². The van der Waals surface area contributed by atoms with Crippen molar-refractivity contribution >= 4 is 23.3 Å². The molecule has 0 bridgehead atoms. The second-order valence-electron chi connectivity index (χ2n) is 7.65. The Morgan fingerprint density at radius 2 is 1.35 bits per heavy atom. The molecule has 4 rings (SSSR count). The summed E-state index contributed by atoms with van der Waals surface area (Å²) in [6.45, 7) is 0.277. The molecule has 158 valence electrons. The molecule has 3 aromatic carbocycles. The molecule has 1 saturated heterocycles. The van der Waals surface area contributed by atoms with E-state index in [1.165, 1.54) is 12.1 Å². The van der Waals surface area contributed by atoms with Crippen LogP contribution in [0.2, 0.25) is 0 Å². The Labute approximate surface area is 180 Å². The SMILES string of the molecule is O=C(Nc1ccccc1)[C@H]1CC[C@@H](c2ccc(F)cc2)N(C(=O)Nc2ccccc2)C1. The van der Waals surface area contributed by atoms with Crippen molar-refractivity contribution in [3.63, 3.8) is 0 Å². The number of para-hydroxylation sites is 2. The molecule has 1 aliphatic heterocycles. The van der Waals surface area contributed by atoms with Gasteiger partial charge < -0.3 is 15.5 Å². The van der Waals surface area contributed by atoms with Crippen LogP contribution in [0.5, 0.6) is 0 Å². The number of hydrogen-bond donors (Lipinski definition) is 2. The molecule has 1 fully saturated rings. The number of urea groups is 1. The zero-order chi connectivity index (χ0) is 21.6. The molecular formula is C25H24FN3O2. The Morgan fingerprint density at radius 1 is 0.774 bits per heavy atom. The molecule has 0 aromatic heterocycles. The van der Waals surface area contributed by atoms with Gasteiger partial charge in [-0.2, -0.15) is 0 Å². The first kappa shape index (κ1) is 20.6. The van der Waals surface area contributed by atoms with Gasteiger partial charge in [-0.1, -0.05) is 48.5 Å². The highest BCUT2D eigenvalue weighted by Crippen LogP contribution is 2.34. The fourth-order valence-corrected chi connectivity index (χ4v) is 3.92. The molecule has 0 saturated carbocycles. The van der Waals surface area contributed by atoms with Gasteiger partial charge in [-0.05, 0) is 54.8 Å². The quantitative estimate of drug-likeness (QED) is 0.593. The molecular weight excluding hydrogens is 393 g/mol. The molecule has 6 heteroatoms. The van der Waals surface area contributed by atoms with E-state index in [0.717, 1.165) is 11.3 Å². The van der Waals surface area contributed by atoms with Crippen molar-refractivity contribution in [1.82, 2.24) is 4.90 Å². The predicted octanol–water partition coefficient (Wildman–Crippen LogP) is 5.45. The van der Waals surface area contributed by atoms with Crippen molar-refractivity contribution in [3.05, 3.63) is 96.3 Å². The number of hydrogen-bond acceptors (Lipinski definition) is 2. The van der Waals surface area contributed by atoms with E-state index < -0.39 is 0 Å². The summed E-state index contributed by atoms with van der Waals surface area (Å²) in [5, 5.41) is 5.85. The summed E-state index contributed by atoms with van der Waals surface area (Å²) in [5.74, 6) is -0.764. The smallest absolute Gasteiger partial charge is 0.322 e. The average molecular weight is 417 g/mol. The summed E-state index contributed by atoms with van der Waals surface area (Å²) in [5.41, 5.74) is 2.26. The van der Waals surface area contributed by atoms with Gasteiger partial charge in [-0.25, -0.2) is 9.18 Å². The Hall–Kier alpha value is -3.67. The first-order valence-electron chi connectivity index (χ1n) is 10.3. The van der Waals surface area contributed by atoms with E-state index in [0.29, 0.717) is 18.5 Å². The third-order valence-electron chi connectivity index (χ3n) is 5.53. The van der Waals surface area contributed by atoms with Crippen LogP contribution in [0.1, 0.15) is 24.4 Å². The molecule has 0 spiro atoms. The van der Waals surface area contributed by atoms with E-state index in [1.54, 1.807) is 17.0 Å². The number of piperidine rings is 1. The number of halogens is 1. The molecule has 3 aromatic rings. The first-order chi connectivity index (χ1) is 15.1. The van der Waals surface area contributed by atoms with Crippen LogP contribution in [-0.2, 0) is 4.79 Å². The predicted molar refractivity (Wildman–Crippen MR) is 119 cm³/mol. The third kappa shape index (κ3) is 5.09. The number of rotatable bonds is 4. The highest BCUT2D eigenvalue weighted by atomic mass is 19.1.